The molecule has 0 unspecified atom stereocenters. The van der Waals surface area contributed by atoms with Crippen molar-refractivity contribution in [2.75, 3.05) is 50.1 Å². The third-order valence-electron chi connectivity index (χ3n) is 3.38. The zero-order valence-corrected chi connectivity index (χ0v) is 12.0. The molecule has 1 aliphatic heterocycles. The minimum atomic E-state index is 0.738. The van der Waals surface area contributed by atoms with Gasteiger partial charge in [-0.15, -0.1) is 5.10 Å². The predicted octanol–water partition coefficient (Wildman–Crippen LogP) is 0.743. The fourth-order valence-electron chi connectivity index (χ4n) is 2.29. The van der Waals surface area contributed by atoms with E-state index in [0.717, 1.165) is 43.8 Å². The summed E-state index contributed by atoms with van der Waals surface area (Å²) >= 11 is 0. The Morgan fingerprint density at radius 1 is 1.10 bits per heavy atom. The molecule has 0 amide bonds. The average Bonchev–Trinajstić information content (AvgIpc) is 2.94. The van der Waals surface area contributed by atoms with Gasteiger partial charge in [0.15, 0.2) is 0 Å². The first-order chi connectivity index (χ1) is 9.75. The summed E-state index contributed by atoms with van der Waals surface area (Å²) in [5.41, 5.74) is 1.04. The van der Waals surface area contributed by atoms with Gasteiger partial charge in [0, 0.05) is 40.3 Å². The lowest BCUT2D eigenvalue weighted by atomic mass is 10.3. The molecule has 3 rings (SSSR count). The lowest BCUT2D eigenvalue weighted by Crippen LogP contribution is -2.44. The van der Waals surface area contributed by atoms with Crippen LogP contribution in [0, 0.1) is 0 Å². The van der Waals surface area contributed by atoms with E-state index in [0.29, 0.717) is 0 Å². The van der Waals surface area contributed by atoms with E-state index in [-0.39, 0.29) is 0 Å². The van der Waals surface area contributed by atoms with Gasteiger partial charge in [0.1, 0.15) is 0 Å². The van der Waals surface area contributed by atoms with Crippen LogP contribution in [0.2, 0.25) is 0 Å². The van der Waals surface area contributed by atoms with Gasteiger partial charge in [-0.1, -0.05) is 18.2 Å². The maximum Gasteiger partial charge on any atom is 0.246 e. The Morgan fingerprint density at radius 2 is 1.80 bits per heavy atom. The number of piperazine rings is 1. The molecule has 1 aliphatic rings. The fourth-order valence-corrected chi connectivity index (χ4v) is 2.29. The minimum absolute atomic E-state index is 0.738. The maximum atomic E-state index is 4.69. The SMILES string of the molecule is CN(C)c1nc(N2CCNCC2)n(-c2ccccc2)n1. The molecule has 2 heterocycles. The number of aromatic nitrogens is 3. The second-order valence-electron chi connectivity index (χ2n) is 5.09. The quantitative estimate of drug-likeness (QED) is 0.893. The molecular formula is C14H20N6. The largest absolute Gasteiger partial charge is 0.346 e. The van der Waals surface area contributed by atoms with Crippen molar-refractivity contribution < 1.29 is 0 Å². The van der Waals surface area contributed by atoms with E-state index in [9.17, 15) is 0 Å². The highest BCUT2D eigenvalue weighted by Crippen LogP contribution is 2.21. The third-order valence-corrected chi connectivity index (χ3v) is 3.38. The van der Waals surface area contributed by atoms with Crippen LogP contribution in [-0.4, -0.2) is 55.0 Å². The molecule has 20 heavy (non-hydrogen) atoms. The number of nitrogens with zero attached hydrogens (tertiary/aromatic N) is 5. The molecular weight excluding hydrogens is 252 g/mol. The third kappa shape index (κ3) is 2.46. The minimum Gasteiger partial charge on any atom is -0.346 e. The van der Waals surface area contributed by atoms with Gasteiger partial charge in [0.05, 0.1) is 5.69 Å². The Morgan fingerprint density at radius 3 is 2.45 bits per heavy atom. The first-order valence-corrected chi connectivity index (χ1v) is 6.91. The Balaban J connectivity index is 2.02. The van der Waals surface area contributed by atoms with Crippen molar-refractivity contribution in [3.05, 3.63) is 30.3 Å². The van der Waals surface area contributed by atoms with Crippen molar-refractivity contribution in [1.82, 2.24) is 20.1 Å². The number of hydrogen-bond acceptors (Lipinski definition) is 5. The fraction of sp³-hybridized carbons (Fsp3) is 0.429. The van der Waals surface area contributed by atoms with E-state index < -0.39 is 0 Å². The van der Waals surface area contributed by atoms with Gasteiger partial charge < -0.3 is 15.1 Å². The molecule has 1 aromatic heterocycles. The zero-order valence-electron chi connectivity index (χ0n) is 12.0. The summed E-state index contributed by atoms with van der Waals surface area (Å²) in [6.45, 7) is 3.88. The van der Waals surface area contributed by atoms with E-state index >= 15 is 0 Å². The highest BCUT2D eigenvalue weighted by Gasteiger charge is 2.20. The van der Waals surface area contributed by atoms with Crippen LogP contribution in [0.3, 0.4) is 0 Å². The lowest BCUT2D eigenvalue weighted by molar-refractivity contribution is 0.575. The molecule has 6 heteroatoms. The number of nitrogens with one attached hydrogen (secondary N) is 1. The van der Waals surface area contributed by atoms with Crippen molar-refractivity contribution in [3.8, 4) is 5.69 Å². The summed E-state index contributed by atoms with van der Waals surface area (Å²) in [7, 11) is 3.93. The van der Waals surface area contributed by atoms with E-state index in [1.807, 2.05) is 41.9 Å². The van der Waals surface area contributed by atoms with Crippen LogP contribution < -0.4 is 15.1 Å². The molecule has 0 radical (unpaired) electrons. The maximum absolute atomic E-state index is 4.69. The standard InChI is InChI=1S/C14H20N6/c1-18(2)13-16-14(19-10-8-15-9-11-19)20(17-13)12-6-4-3-5-7-12/h3-7,15H,8-11H2,1-2H3. The monoisotopic (exact) mass is 272 g/mol. The van der Waals surface area contributed by atoms with Gasteiger partial charge in [0.2, 0.25) is 11.9 Å². The predicted molar refractivity (Wildman–Crippen MR) is 80.8 cm³/mol. The van der Waals surface area contributed by atoms with Crippen LogP contribution in [-0.2, 0) is 0 Å². The molecule has 0 bridgehead atoms. The van der Waals surface area contributed by atoms with E-state index in [2.05, 4.69) is 32.4 Å². The normalized spacial score (nSPS) is 15.4. The average molecular weight is 272 g/mol. The lowest BCUT2D eigenvalue weighted by Gasteiger charge is -2.28. The second-order valence-corrected chi connectivity index (χ2v) is 5.09. The Kier molecular flexibility index (Phi) is 3.56. The number of para-hydroxylation sites is 1. The molecule has 0 spiro atoms. The Bertz CT molecular complexity index is 556. The zero-order chi connectivity index (χ0) is 13.9. The molecule has 2 aromatic rings. The Labute approximate surface area is 119 Å². The molecule has 6 nitrogen and oxygen atoms in total. The van der Waals surface area contributed by atoms with Crippen molar-refractivity contribution in [2.45, 2.75) is 0 Å². The van der Waals surface area contributed by atoms with Crippen molar-refractivity contribution >= 4 is 11.9 Å². The van der Waals surface area contributed by atoms with Crippen LogP contribution in [0.15, 0.2) is 30.3 Å². The molecule has 106 valence electrons. The van der Waals surface area contributed by atoms with Gasteiger partial charge in [-0.25, -0.2) is 0 Å². The van der Waals surface area contributed by atoms with Crippen LogP contribution in [0.25, 0.3) is 5.69 Å². The highest BCUT2D eigenvalue weighted by molar-refractivity contribution is 5.47. The number of rotatable bonds is 3. The van der Waals surface area contributed by atoms with Crippen molar-refractivity contribution in [3.63, 3.8) is 0 Å². The van der Waals surface area contributed by atoms with Crippen LogP contribution >= 0.6 is 0 Å². The van der Waals surface area contributed by atoms with Crippen LogP contribution in [0.4, 0.5) is 11.9 Å². The Hall–Kier alpha value is -2.08. The van der Waals surface area contributed by atoms with Gasteiger partial charge >= 0.3 is 0 Å². The van der Waals surface area contributed by atoms with E-state index in [1.165, 1.54) is 0 Å². The summed E-state index contributed by atoms with van der Waals surface area (Å²) in [6, 6.07) is 10.2. The molecule has 1 aromatic carbocycles. The topological polar surface area (TPSA) is 49.2 Å². The van der Waals surface area contributed by atoms with Gasteiger partial charge in [0.25, 0.3) is 0 Å². The number of anilines is 2. The van der Waals surface area contributed by atoms with Gasteiger partial charge in [-0.05, 0) is 12.1 Å². The van der Waals surface area contributed by atoms with E-state index in [1.54, 1.807) is 0 Å². The smallest absolute Gasteiger partial charge is 0.246 e. The molecule has 0 atom stereocenters. The van der Waals surface area contributed by atoms with Gasteiger partial charge in [-0.3, -0.25) is 0 Å². The summed E-state index contributed by atoms with van der Waals surface area (Å²) in [6.07, 6.45) is 0. The van der Waals surface area contributed by atoms with Crippen molar-refractivity contribution in [1.29, 1.82) is 0 Å². The van der Waals surface area contributed by atoms with Crippen LogP contribution in [0.5, 0.6) is 0 Å². The molecule has 0 aliphatic carbocycles. The first kappa shape index (κ1) is 12.9. The molecule has 1 fully saturated rings. The molecule has 1 N–H and O–H groups in total. The summed E-state index contributed by atoms with van der Waals surface area (Å²) in [5, 5.41) is 7.99. The molecule has 0 saturated carbocycles. The summed E-state index contributed by atoms with van der Waals surface area (Å²) < 4.78 is 1.93. The highest BCUT2D eigenvalue weighted by atomic mass is 15.5. The van der Waals surface area contributed by atoms with Crippen molar-refractivity contribution in [2.24, 2.45) is 0 Å². The number of benzene rings is 1. The summed E-state index contributed by atoms with van der Waals surface area (Å²) in [5.74, 6) is 1.66. The molecule has 1 saturated heterocycles. The summed E-state index contributed by atoms with van der Waals surface area (Å²) in [4.78, 5) is 8.90. The van der Waals surface area contributed by atoms with Crippen LogP contribution in [0.1, 0.15) is 0 Å². The van der Waals surface area contributed by atoms with Gasteiger partial charge in [-0.2, -0.15) is 9.67 Å². The van der Waals surface area contributed by atoms with E-state index in [4.69, 9.17) is 0 Å². The number of hydrogen-bond donors (Lipinski definition) is 1. The first-order valence-electron chi connectivity index (χ1n) is 6.91. The second kappa shape index (κ2) is 5.50.